The lowest BCUT2D eigenvalue weighted by Gasteiger charge is -2.43. The van der Waals surface area contributed by atoms with Crippen LogP contribution in [0, 0.1) is 17.7 Å². The Bertz CT molecular complexity index is 936. The van der Waals surface area contributed by atoms with Crippen molar-refractivity contribution in [1.82, 2.24) is 0 Å². The van der Waals surface area contributed by atoms with Crippen LogP contribution in [-0.4, -0.2) is 17.6 Å². The molecule has 0 spiro atoms. The fourth-order valence-corrected chi connectivity index (χ4v) is 4.80. The minimum Gasteiger partial charge on any atom is -0.299 e. The predicted octanol–water partition coefficient (Wildman–Crippen LogP) is 2.79. The van der Waals surface area contributed by atoms with Crippen molar-refractivity contribution in [2.45, 2.75) is 18.3 Å². The van der Waals surface area contributed by atoms with Crippen molar-refractivity contribution in [3.8, 4) is 0 Å². The molecule has 4 nitrogen and oxygen atoms in total. The monoisotopic (exact) mass is 335 g/mol. The van der Waals surface area contributed by atoms with Crippen LogP contribution in [-0.2, 0) is 14.4 Å². The normalized spacial score (nSPS) is 29.8. The number of benzene rings is 2. The number of rotatable bonds is 1. The van der Waals surface area contributed by atoms with Gasteiger partial charge in [0.25, 0.3) is 0 Å². The van der Waals surface area contributed by atoms with Crippen LogP contribution in [0.2, 0.25) is 0 Å². The molecule has 4 atom stereocenters. The summed E-state index contributed by atoms with van der Waals surface area (Å²) in [5.41, 5.74) is 2.25. The lowest BCUT2D eigenvalue weighted by atomic mass is 9.56. The second-order valence-electron chi connectivity index (χ2n) is 6.92. The number of amides is 2. The minimum absolute atomic E-state index is 0.0343. The van der Waals surface area contributed by atoms with Gasteiger partial charge in [-0.05, 0) is 35.4 Å². The van der Waals surface area contributed by atoms with E-state index in [4.69, 9.17) is 0 Å². The van der Waals surface area contributed by atoms with E-state index in [0.717, 1.165) is 16.0 Å². The molecule has 1 saturated heterocycles. The maximum Gasteiger partial charge on any atom is 0.238 e. The first-order valence-electron chi connectivity index (χ1n) is 8.33. The van der Waals surface area contributed by atoms with Gasteiger partial charge < -0.3 is 0 Å². The number of hydrogen-bond donors (Lipinski definition) is 0. The molecule has 5 heteroatoms. The van der Waals surface area contributed by atoms with Gasteiger partial charge in [-0.1, -0.05) is 24.3 Å². The molecule has 3 aliphatic carbocycles. The summed E-state index contributed by atoms with van der Waals surface area (Å²) in [7, 11) is 0. The summed E-state index contributed by atoms with van der Waals surface area (Å²) in [5.74, 6) is -2.96. The molecule has 6 rings (SSSR count). The van der Waals surface area contributed by atoms with Crippen molar-refractivity contribution >= 4 is 23.3 Å². The molecule has 1 aliphatic heterocycles. The number of halogens is 1. The number of ketones is 1. The van der Waals surface area contributed by atoms with Gasteiger partial charge in [-0.3, -0.25) is 19.3 Å². The SMILES string of the molecule is O=C1C[C@@H]2c3ccccc3[C@H]1[C@@H]1C(=O)N(c3ccc(F)cc3)C(=O)[C@@H]12. The Morgan fingerprint density at radius 3 is 2.20 bits per heavy atom. The maximum absolute atomic E-state index is 13.2. The number of carbonyl (C=O) groups excluding carboxylic acids is 3. The van der Waals surface area contributed by atoms with Gasteiger partial charge >= 0.3 is 0 Å². The number of Topliss-reactive ketones (excluding diaryl/α,β-unsaturated/α-hetero) is 1. The third-order valence-electron chi connectivity index (χ3n) is 5.77. The summed E-state index contributed by atoms with van der Waals surface area (Å²) < 4.78 is 13.2. The van der Waals surface area contributed by atoms with Crippen LogP contribution >= 0.6 is 0 Å². The largest absolute Gasteiger partial charge is 0.299 e. The zero-order chi connectivity index (χ0) is 17.3. The first kappa shape index (κ1) is 14.5. The molecule has 2 amide bonds. The molecule has 2 aromatic rings. The maximum atomic E-state index is 13.2. The smallest absolute Gasteiger partial charge is 0.238 e. The molecule has 0 radical (unpaired) electrons. The molecule has 2 bridgehead atoms. The number of anilines is 1. The number of nitrogens with zero attached hydrogens (tertiary/aromatic N) is 1. The highest BCUT2D eigenvalue weighted by Gasteiger charge is 2.62. The van der Waals surface area contributed by atoms with Crippen molar-refractivity contribution in [3.63, 3.8) is 0 Å². The Hall–Kier alpha value is -2.82. The lowest BCUT2D eigenvalue weighted by Crippen LogP contribution is -2.44. The number of hydrogen-bond acceptors (Lipinski definition) is 3. The highest BCUT2D eigenvalue weighted by molar-refractivity contribution is 6.24. The number of fused-ring (bicyclic) bond motifs is 1. The molecule has 1 heterocycles. The second kappa shape index (κ2) is 4.85. The predicted molar refractivity (Wildman–Crippen MR) is 87.4 cm³/mol. The van der Waals surface area contributed by atoms with E-state index in [1.807, 2.05) is 24.3 Å². The molecule has 2 aromatic carbocycles. The minimum atomic E-state index is -0.640. The summed E-state index contributed by atoms with van der Waals surface area (Å²) in [6, 6.07) is 12.9. The standard InChI is InChI=1S/C20H14FNO3/c21-10-5-7-11(8-6-10)22-19(24)17-14-9-15(23)16(18(17)20(22)25)13-4-2-1-3-12(13)14/h1-8,14,16-18H,9H2/t14-,16-,17-,18+/m1/s1. The summed E-state index contributed by atoms with van der Waals surface area (Å²) in [6.45, 7) is 0. The summed E-state index contributed by atoms with van der Waals surface area (Å²) in [5, 5.41) is 0. The highest BCUT2D eigenvalue weighted by atomic mass is 19.1. The van der Waals surface area contributed by atoms with Crippen LogP contribution in [0.5, 0.6) is 0 Å². The van der Waals surface area contributed by atoms with E-state index in [2.05, 4.69) is 0 Å². The second-order valence-corrected chi connectivity index (χ2v) is 6.92. The summed E-state index contributed by atoms with van der Waals surface area (Å²) in [4.78, 5) is 39.8. The molecular weight excluding hydrogens is 321 g/mol. The average molecular weight is 335 g/mol. The van der Waals surface area contributed by atoms with E-state index in [9.17, 15) is 18.8 Å². The van der Waals surface area contributed by atoms with E-state index in [1.54, 1.807) is 0 Å². The zero-order valence-corrected chi connectivity index (χ0v) is 13.2. The van der Waals surface area contributed by atoms with E-state index in [1.165, 1.54) is 24.3 Å². The molecule has 0 unspecified atom stereocenters. The molecular formula is C20H14FNO3. The molecule has 4 aliphatic rings. The van der Waals surface area contributed by atoms with Crippen molar-refractivity contribution in [2.24, 2.45) is 11.8 Å². The van der Waals surface area contributed by atoms with Gasteiger partial charge in [0.2, 0.25) is 11.8 Å². The van der Waals surface area contributed by atoms with Crippen molar-refractivity contribution in [1.29, 1.82) is 0 Å². The molecule has 0 N–H and O–H groups in total. The topological polar surface area (TPSA) is 54.5 Å². The van der Waals surface area contributed by atoms with E-state index < -0.39 is 23.6 Å². The fraction of sp³-hybridized carbons (Fsp3) is 0.250. The Morgan fingerprint density at radius 1 is 0.840 bits per heavy atom. The first-order chi connectivity index (χ1) is 12.1. The van der Waals surface area contributed by atoms with Crippen molar-refractivity contribution in [2.75, 3.05) is 4.90 Å². The van der Waals surface area contributed by atoms with Gasteiger partial charge in [-0.2, -0.15) is 0 Å². The zero-order valence-electron chi connectivity index (χ0n) is 13.2. The third-order valence-corrected chi connectivity index (χ3v) is 5.77. The van der Waals surface area contributed by atoms with Gasteiger partial charge in [0, 0.05) is 12.3 Å². The summed E-state index contributed by atoms with van der Waals surface area (Å²) >= 11 is 0. The van der Waals surface area contributed by atoms with Crippen LogP contribution < -0.4 is 4.90 Å². The summed E-state index contributed by atoms with van der Waals surface area (Å²) in [6.07, 6.45) is 0.305. The Balaban J connectivity index is 1.65. The van der Waals surface area contributed by atoms with Gasteiger partial charge in [0.1, 0.15) is 11.6 Å². The Kier molecular flexibility index (Phi) is 2.82. The van der Waals surface area contributed by atoms with Gasteiger partial charge in [0.15, 0.2) is 0 Å². The molecule has 25 heavy (non-hydrogen) atoms. The molecule has 1 saturated carbocycles. The van der Waals surface area contributed by atoms with Crippen LogP contribution in [0.4, 0.5) is 10.1 Å². The van der Waals surface area contributed by atoms with E-state index in [0.29, 0.717) is 12.1 Å². The average Bonchev–Trinajstić information content (AvgIpc) is 2.88. The van der Waals surface area contributed by atoms with Crippen molar-refractivity contribution in [3.05, 3.63) is 65.5 Å². The lowest BCUT2D eigenvalue weighted by molar-refractivity contribution is -0.134. The number of carbonyl (C=O) groups is 3. The number of imide groups is 1. The Morgan fingerprint density at radius 2 is 1.48 bits per heavy atom. The Labute approximate surface area is 143 Å². The molecule has 2 fully saturated rings. The van der Waals surface area contributed by atoms with Gasteiger partial charge in [-0.25, -0.2) is 4.39 Å². The van der Waals surface area contributed by atoms with Crippen LogP contribution in [0.15, 0.2) is 48.5 Å². The quantitative estimate of drug-likeness (QED) is 0.753. The van der Waals surface area contributed by atoms with E-state index >= 15 is 0 Å². The van der Waals surface area contributed by atoms with E-state index in [-0.39, 0.29) is 23.5 Å². The van der Waals surface area contributed by atoms with Crippen molar-refractivity contribution < 1.29 is 18.8 Å². The first-order valence-corrected chi connectivity index (χ1v) is 8.33. The molecule has 0 aromatic heterocycles. The van der Waals surface area contributed by atoms with Crippen LogP contribution in [0.1, 0.15) is 29.4 Å². The third kappa shape index (κ3) is 1.78. The highest BCUT2D eigenvalue weighted by Crippen LogP contribution is 2.57. The fourth-order valence-electron chi connectivity index (χ4n) is 4.80. The van der Waals surface area contributed by atoms with Gasteiger partial charge in [-0.15, -0.1) is 0 Å². The van der Waals surface area contributed by atoms with Gasteiger partial charge in [0.05, 0.1) is 23.4 Å². The molecule has 124 valence electrons. The van der Waals surface area contributed by atoms with Crippen LogP contribution in [0.25, 0.3) is 0 Å². The van der Waals surface area contributed by atoms with Crippen LogP contribution in [0.3, 0.4) is 0 Å².